The molecule has 1 saturated heterocycles. The third-order valence-electron chi connectivity index (χ3n) is 2.39. The molecule has 0 aromatic heterocycles. The Labute approximate surface area is 73.4 Å². The van der Waals surface area contributed by atoms with E-state index in [1.54, 1.807) is 0 Å². The van der Waals surface area contributed by atoms with Crippen molar-refractivity contribution in [3.05, 3.63) is 42.3 Å². The van der Waals surface area contributed by atoms with Crippen molar-refractivity contribution < 1.29 is 4.74 Å². The van der Waals surface area contributed by atoms with Gasteiger partial charge in [-0.2, -0.15) is 0 Å². The summed E-state index contributed by atoms with van der Waals surface area (Å²) < 4.78 is 5.39. The molecule has 63 valence electrons. The van der Waals surface area contributed by atoms with Crippen molar-refractivity contribution in [1.82, 2.24) is 0 Å². The van der Waals surface area contributed by atoms with Crippen LogP contribution in [0.25, 0.3) is 0 Å². The van der Waals surface area contributed by atoms with Gasteiger partial charge in [0.1, 0.15) is 0 Å². The first kappa shape index (κ1) is 7.81. The first-order valence-electron chi connectivity index (χ1n) is 4.33. The van der Waals surface area contributed by atoms with E-state index < -0.39 is 0 Å². The molecule has 1 radical (unpaired) electrons. The second kappa shape index (κ2) is 2.91. The second-order valence-electron chi connectivity index (χ2n) is 3.30. The molecule has 1 aliphatic rings. The molecule has 1 aromatic rings. The summed E-state index contributed by atoms with van der Waals surface area (Å²) in [6.45, 7) is 2.95. The van der Waals surface area contributed by atoms with Crippen molar-refractivity contribution in [2.45, 2.75) is 18.9 Å². The fourth-order valence-corrected chi connectivity index (χ4v) is 1.40. The number of benzene rings is 1. The van der Waals surface area contributed by atoms with Gasteiger partial charge in [-0.25, -0.2) is 0 Å². The summed E-state index contributed by atoms with van der Waals surface area (Å²) in [6, 6.07) is 10.5. The fraction of sp³-hybridized carbons (Fsp3) is 0.364. The normalized spacial score (nSPS) is 27.1. The van der Waals surface area contributed by atoms with Crippen LogP contribution in [0.1, 0.15) is 12.5 Å². The summed E-state index contributed by atoms with van der Waals surface area (Å²) in [7, 11) is 0. The molecule has 12 heavy (non-hydrogen) atoms. The van der Waals surface area contributed by atoms with Crippen LogP contribution in [0.4, 0.5) is 0 Å². The van der Waals surface area contributed by atoms with Crippen LogP contribution in [0.3, 0.4) is 0 Å². The van der Waals surface area contributed by atoms with Crippen LogP contribution >= 0.6 is 0 Å². The molecule has 1 unspecified atom stereocenters. The van der Waals surface area contributed by atoms with Gasteiger partial charge in [0.2, 0.25) is 0 Å². The Bertz CT molecular complexity index is 249. The number of ether oxygens (including phenoxy) is 1. The lowest BCUT2D eigenvalue weighted by molar-refractivity contribution is 0.333. The Morgan fingerprint density at radius 3 is 2.58 bits per heavy atom. The number of epoxide rings is 1. The van der Waals surface area contributed by atoms with Crippen LogP contribution in [0.5, 0.6) is 0 Å². The predicted molar refractivity (Wildman–Crippen MR) is 48.8 cm³/mol. The molecule has 1 fully saturated rings. The first-order valence-corrected chi connectivity index (χ1v) is 4.33. The van der Waals surface area contributed by atoms with Gasteiger partial charge in [-0.1, -0.05) is 37.3 Å². The monoisotopic (exact) mass is 161 g/mol. The van der Waals surface area contributed by atoms with E-state index in [0.29, 0.717) is 0 Å². The lowest BCUT2D eigenvalue weighted by atomic mass is 9.98. The fourth-order valence-electron chi connectivity index (χ4n) is 1.40. The van der Waals surface area contributed by atoms with Crippen molar-refractivity contribution >= 4 is 0 Å². The largest absolute Gasteiger partial charge is 0.369 e. The van der Waals surface area contributed by atoms with Gasteiger partial charge in [-0.15, -0.1) is 0 Å². The summed E-state index contributed by atoms with van der Waals surface area (Å²) in [5.74, 6) is 0. The summed E-state index contributed by atoms with van der Waals surface area (Å²) in [5.41, 5.74) is 1.43. The average molecular weight is 161 g/mol. The van der Waals surface area contributed by atoms with Crippen molar-refractivity contribution in [2.24, 2.45) is 0 Å². The summed E-state index contributed by atoms with van der Waals surface area (Å²) in [6.07, 6.45) is 3.17. The van der Waals surface area contributed by atoms with Crippen LogP contribution in [0.15, 0.2) is 30.3 Å². The second-order valence-corrected chi connectivity index (χ2v) is 3.30. The quantitative estimate of drug-likeness (QED) is 0.619. The van der Waals surface area contributed by atoms with Gasteiger partial charge in [0.15, 0.2) is 0 Å². The topological polar surface area (TPSA) is 12.5 Å². The minimum absolute atomic E-state index is 0.0708. The zero-order valence-electron chi connectivity index (χ0n) is 7.29. The number of hydrogen-bond acceptors (Lipinski definition) is 1. The molecular weight excluding hydrogens is 148 g/mol. The van der Waals surface area contributed by atoms with Crippen LogP contribution in [0, 0.1) is 6.42 Å². The summed E-state index contributed by atoms with van der Waals surface area (Å²) in [5, 5.41) is 0. The van der Waals surface area contributed by atoms with E-state index in [1.165, 1.54) is 5.56 Å². The molecule has 1 heteroatoms. The SMILES string of the molecule is C[CH]C1(Cc2ccccc2)CO1. The van der Waals surface area contributed by atoms with Crippen LogP contribution < -0.4 is 0 Å². The van der Waals surface area contributed by atoms with Crippen LogP contribution in [-0.2, 0) is 11.2 Å². The Kier molecular flexibility index (Phi) is 1.89. The lowest BCUT2D eigenvalue weighted by Crippen LogP contribution is -2.13. The van der Waals surface area contributed by atoms with E-state index in [4.69, 9.17) is 4.74 Å². The minimum Gasteiger partial charge on any atom is -0.369 e. The molecule has 0 amide bonds. The third-order valence-corrected chi connectivity index (χ3v) is 2.39. The molecule has 1 heterocycles. The molecule has 2 rings (SSSR count). The Balaban J connectivity index is 2.04. The van der Waals surface area contributed by atoms with Gasteiger partial charge in [0, 0.05) is 6.42 Å². The first-order chi connectivity index (χ1) is 5.85. The summed E-state index contributed by atoms with van der Waals surface area (Å²) >= 11 is 0. The van der Waals surface area contributed by atoms with Gasteiger partial charge < -0.3 is 4.74 Å². The zero-order chi connectivity index (χ0) is 8.44. The van der Waals surface area contributed by atoms with E-state index in [-0.39, 0.29) is 5.60 Å². The van der Waals surface area contributed by atoms with Crippen molar-refractivity contribution in [3.63, 3.8) is 0 Å². The highest BCUT2D eigenvalue weighted by atomic mass is 16.6. The Hall–Kier alpha value is -0.820. The minimum atomic E-state index is 0.0708. The van der Waals surface area contributed by atoms with E-state index >= 15 is 0 Å². The highest BCUT2D eigenvalue weighted by Crippen LogP contribution is 2.33. The van der Waals surface area contributed by atoms with Crippen molar-refractivity contribution in [1.29, 1.82) is 0 Å². The predicted octanol–water partition coefficient (Wildman–Crippen LogP) is 2.22. The highest BCUT2D eigenvalue weighted by Gasteiger charge is 2.42. The van der Waals surface area contributed by atoms with Crippen molar-refractivity contribution in [3.8, 4) is 0 Å². The Morgan fingerprint density at radius 1 is 1.42 bits per heavy atom. The van der Waals surface area contributed by atoms with Gasteiger partial charge in [0.25, 0.3) is 0 Å². The van der Waals surface area contributed by atoms with E-state index in [1.807, 2.05) is 6.07 Å². The number of hydrogen-bond donors (Lipinski definition) is 0. The maximum Gasteiger partial charge on any atom is 0.0985 e. The molecule has 1 atom stereocenters. The molecular formula is C11H13O. The van der Waals surface area contributed by atoms with E-state index in [0.717, 1.165) is 13.0 Å². The molecule has 0 aliphatic carbocycles. The standard InChI is InChI=1S/C11H13O/c1-2-11(9-12-11)8-10-6-4-3-5-7-10/h2-7H,8-9H2,1H3. The van der Waals surface area contributed by atoms with Gasteiger partial charge in [-0.05, 0) is 12.0 Å². The number of rotatable bonds is 3. The molecule has 0 saturated carbocycles. The van der Waals surface area contributed by atoms with E-state index in [9.17, 15) is 0 Å². The molecule has 1 aliphatic heterocycles. The highest BCUT2D eigenvalue weighted by molar-refractivity contribution is 5.21. The van der Waals surface area contributed by atoms with Crippen LogP contribution in [0.2, 0.25) is 0 Å². The summed E-state index contributed by atoms with van der Waals surface area (Å²) in [4.78, 5) is 0. The third kappa shape index (κ3) is 1.51. The molecule has 0 bridgehead atoms. The van der Waals surface area contributed by atoms with Gasteiger partial charge in [-0.3, -0.25) is 0 Å². The van der Waals surface area contributed by atoms with Crippen LogP contribution in [-0.4, -0.2) is 12.2 Å². The maximum atomic E-state index is 5.39. The molecule has 0 spiro atoms. The Morgan fingerprint density at radius 2 is 2.08 bits per heavy atom. The molecule has 1 aromatic carbocycles. The molecule has 0 N–H and O–H groups in total. The van der Waals surface area contributed by atoms with Crippen molar-refractivity contribution in [2.75, 3.05) is 6.61 Å². The van der Waals surface area contributed by atoms with E-state index in [2.05, 4.69) is 37.6 Å². The smallest absolute Gasteiger partial charge is 0.0985 e. The zero-order valence-corrected chi connectivity index (χ0v) is 7.29. The maximum absolute atomic E-state index is 5.39. The molecule has 1 nitrogen and oxygen atoms in total. The average Bonchev–Trinajstić information content (AvgIpc) is 2.88. The lowest BCUT2D eigenvalue weighted by Gasteiger charge is -2.07. The van der Waals surface area contributed by atoms with Gasteiger partial charge >= 0.3 is 0 Å². The van der Waals surface area contributed by atoms with Gasteiger partial charge in [0.05, 0.1) is 12.2 Å².